The predicted octanol–water partition coefficient (Wildman–Crippen LogP) is 0.486. The van der Waals surface area contributed by atoms with E-state index < -0.39 is 11.9 Å². The second kappa shape index (κ2) is 5.83. The van der Waals surface area contributed by atoms with Gasteiger partial charge in [0, 0.05) is 5.02 Å². The number of nitrogens with zero attached hydrogens (tertiary/aromatic N) is 1. The molecule has 0 aliphatic rings. The van der Waals surface area contributed by atoms with Crippen LogP contribution in [0.5, 0.6) is 0 Å². The van der Waals surface area contributed by atoms with Crippen LogP contribution < -0.4 is 16.6 Å². The number of carbonyl (C=O) groups is 2. The number of halogens is 1. The van der Waals surface area contributed by atoms with Gasteiger partial charge in [-0.3, -0.25) is 4.79 Å². The monoisotopic (exact) mass is 256 g/mol. The minimum atomic E-state index is -1.60. The number of carbonyl (C=O) groups excluding carboxylic acids is 1. The number of hydrazine groups is 1. The quantitative estimate of drug-likeness (QED) is 0.206. The Morgan fingerprint density at radius 3 is 2.76 bits per heavy atom. The third-order valence-corrected chi connectivity index (χ3v) is 1.91. The fourth-order valence-corrected chi connectivity index (χ4v) is 1.18. The number of carboxylic acids is 1. The summed E-state index contributed by atoms with van der Waals surface area (Å²) in [6.45, 7) is 0. The first kappa shape index (κ1) is 12.9. The highest BCUT2D eigenvalue weighted by atomic mass is 35.5. The Labute approximate surface area is 101 Å². The van der Waals surface area contributed by atoms with Crippen LogP contribution in [0.4, 0.5) is 11.4 Å². The van der Waals surface area contributed by atoms with Gasteiger partial charge in [-0.2, -0.15) is 0 Å². The maximum atomic E-state index is 11.0. The summed E-state index contributed by atoms with van der Waals surface area (Å²) in [6.07, 6.45) is 1.18. The third kappa shape index (κ3) is 3.74. The van der Waals surface area contributed by atoms with Crippen LogP contribution in [0.2, 0.25) is 5.02 Å². The van der Waals surface area contributed by atoms with Gasteiger partial charge in [0.2, 0.25) is 0 Å². The lowest BCUT2D eigenvalue weighted by Crippen LogP contribution is -2.22. The number of aliphatic imine (C=N–C) groups is 1. The van der Waals surface area contributed by atoms with Gasteiger partial charge < -0.3 is 15.8 Å². The van der Waals surface area contributed by atoms with Crippen LogP contribution in [0, 0.1) is 0 Å². The molecule has 0 radical (unpaired) electrons. The minimum Gasteiger partial charge on any atom is -0.474 e. The molecule has 0 saturated heterocycles. The molecule has 0 unspecified atom stereocenters. The molecule has 90 valence electrons. The summed E-state index contributed by atoms with van der Waals surface area (Å²) in [6, 6.07) is 4.43. The number of benzene rings is 1. The summed E-state index contributed by atoms with van der Waals surface area (Å²) >= 11 is 5.72. The van der Waals surface area contributed by atoms with Gasteiger partial charge in [-0.05, 0) is 18.2 Å². The zero-order chi connectivity index (χ0) is 12.8. The predicted molar refractivity (Wildman–Crippen MR) is 63.2 cm³/mol. The molecule has 7 nitrogen and oxygen atoms in total. The first-order valence-electron chi connectivity index (χ1n) is 4.37. The highest BCUT2D eigenvalue weighted by Gasteiger charge is 2.13. The largest absolute Gasteiger partial charge is 0.474 e. The summed E-state index contributed by atoms with van der Waals surface area (Å²) in [5.41, 5.74) is 2.68. The third-order valence-electron chi connectivity index (χ3n) is 1.68. The van der Waals surface area contributed by atoms with Crippen molar-refractivity contribution in [1.29, 1.82) is 0 Å². The molecule has 8 heteroatoms. The topological polar surface area (TPSA) is 117 Å². The number of aliphatic carboxylic acids is 1. The SMILES string of the molecule is NNC=Nc1ccc(Cl)cc1NC(=O)C(=O)O. The van der Waals surface area contributed by atoms with Crippen LogP contribution >= 0.6 is 11.6 Å². The fraction of sp³-hybridized carbons (Fsp3) is 0. The van der Waals surface area contributed by atoms with Crippen LogP contribution in [0.25, 0.3) is 0 Å². The van der Waals surface area contributed by atoms with E-state index in [1.165, 1.54) is 18.5 Å². The summed E-state index contributed by atoms with van der Waals surface area (Å²) in [4.78, 5) is 25.3. The van der Waals surface area contributed by atoms with Gasteiger partial charge in [0.15, 0.2) is 0 Å². The van der Waals surface area contributed by atoms with Crippen molar-refractivity contribution in [2.75, 3.05) is 5.32 Å². The number of nitrogens with two attached hydrogens (primary N) is 1. The molecule has 0 spiro atoms. The van der Waals surface area contributed by atoms with Crippen molar-refractivity contribution in [3.63, 3.8) is 0 Å². The van der Waals surface area contributed by atoms with E-state index in [1.54, 1.807) is 6.07 Å². The highest BCUT2D eigenvalue weighted by molar-refractivity contribution is 6.37. The van der Waals surface area contributed by atoms with Gasteiger partial charge in [0.25, 0.3) is 0 Å². The van der Waals surface area contributed by atoms with Crippen LogP contribution in [-0.2, 0) is 9.59 Å². The molecule has 0 aliphatic carbocycles. The Morgan fingerprint density at radius 1 is 1.47 bits per heavy atom. The number of rotatable bonds is 3. The highest BCUT2D eigenvalue weighted by Crippen LogP contribution is 2.27. The van der Waals surface area contributed by atoms with Crippen molar-refractivity contribution >= 4 is 41.2 Å². The zero-order valence-electron chi connectivity index (χ0n) is 8.48. The standard InChI is InChI=1S/C9H9ClN4O3/c10-5-1-2-6(12-4-13-11)7(3-5)14-8(15)9(16)17/h1-4H,11H2,(H,12,13)(H,14,15)(H,16,17). The number of hydrogen-bond acceptors (Lipinski definition) is 4. The number of carboxylic acid groups (broad SMARTS) is 1. The van der Waals surface area contributed by atoms with Gasteiger partial charge in [0.1, 0.15) is 6.34 Å². The maximum Gasteiger partial charge on any atom is 0.394 e. The van der Waals surface area contributed by atoms with Crippen LogP contribution in [0.15, 0.2) is 23.2 Å². The summed E-state index contributed by atoms with van der Waals surface area (Å²) in [5.74, 6) is 2.22. The van der Waals surface area contributed by atoms with Gasteiger partial charge in [0.05, 0.1) is 11.4 Å². The van der Waals surface area contributed by atoms with Gasteiger partial charge >= 0.3 is 11.9 Å². The van der Waals surface area contributed by atoms with Crippen molar-refractivity contribution in [3.05, 3.63) is 23.2 Å². The Morgan fingerprint density at radius 2 is 2.18 bits per heavy atom. The molecule has 1 aromatic carbocycles. The molecule has 0 aliphatic heterocycles. The molecule has 17 heavy (non-hydrogen) atoms. The lowest BCUT2D eigenvalue weighted by Gasteiger charge is -2.06. The first-order valence-corrected chi connectivity index (χ1v) is 4.75. The smallest absolute Gasteiger partial charge is 0.394 e. The Kier molecular flexibility index (Phi) is 4.44. The van der Waals surface area contributed by atoms with Gasteiger partial charge in [-0.1, -0.05) is 11.6 Å². The second-order valence-electron chi connectivity index (χ2n) is 2.85. The van der Waals surface area contributed by atoms with Crippen LogP contribution in [0.1, 0.15) is 0 Å². The molecule has 0 saturated carbocycles. The van der Waals surface area contributed by atoms with Crippen molar-refractivity contribution in [1.82, 2.24) is 5.43 Å². The van der Waals surface area contributed by atoms with E-state index >= 15 is 0 Å². The lowest BCUT2D eigenvalue weighted by atomic mass is 10.2. The normalized spacial score (nSPS) is 10.2. The Bertz CT molecular complexity index is 475. The van der Waals surface area contributed by atoms with Crippen molar-refractivity contribution in [2.24, 2.45) is 10.8 Å². The fourth-order valence-electron chi connectivity index (χ4n) is 1.00. The Hall–Kier alpha value is -2.12. The molecule has 0 atom stereocenters. The van der Waals surface area contributed by atoms with E-state index in [0.29, 0.717) is 10.7 Å². The average molecular weight is 257 g/mol. The average Bonchev–Trinajstić information content (AvgIpc) is 2.28. The molecular weight excluding hydrogens is 248 g/mol. The zero-order valence-corrected chi connectivity index (χ0v) is 9.23. The maximum absolute atomic E-state index is 11.0. The summed E-state index contributed by atoms with van der Waals surface area (Å²) in [5, 5.41) is 11.0. The molecule has 0 bridgehead atoms. The van der Waals surface area contributed by atoms with Crippen molar-refractivity contribution in [3.8, 4) is 0 Å². The van der Waals surface area contributed by atoms with E-state index in [2.05, 4.69) is 15.7 Å². The van der Waals surface area contributed by atoms with Gasteiger partial charge in [-0.25, -0.2) is 15.6 Å². The molecule has 1 rings (SSSR count). The van der Waals surface area contributed by atoms with E-state index in [4.69, 9.17) is 22.6 Å². The van der Waals surface area contributed by atoms with Crippen LogP contribution in [-0.4, -0.2) is 23.3 Å². The number of nitrogens with one attached hydrogen (secondary N) is 2. The first-order chi connectivity index (χ1) is 8.04. The van der Waals surface area contributed by atoms with Crippen molar-refractivity contribution < 1.29 is 14.7 Å². The molecule has 0 fully saturated rings. The molecule has 5 N–H and O–H groups in total. The lowest BCUT2D eigenvalue weighted by molar-refractivity contribution is -0.147. The number of anilines is 1. The van der Waals surface area contributed by atoms with Crippen LogP contribution in [0.3, 0.4) is 0 Å². The van der Waals surface area contributed by atoms with E-state index in [0.717, 1.165) is 0 Å². The molecular formula is C9H9ClN4O3. The second-order valence-corrected chi connectivity index (χ2v) is 3.28. The number of hydrogen-bond donors (Lipinski definition) is 4. The Balaban J connectivity index is 3.02. The minimum absolute atomic E-state index is 0.177. The molecule has 1 amide bonds. The molecule has 0 aromatic heterocycles. The van der Waals surface area contributed by atoms with E-state index in [-0.39, 0.29) is 5.69 Å². The molecule has 1 aromatic rings. The van der Waals surface area contributed by atoms with E-state index in [9.17, 15) is 9.59 Å². The summed E-state index contributed by atoms with van der Waals surface area (Å²) < 4.78 is 0. The number of amides is 1. The summed E-state index contributed by atoms with van der Waals surface area (Å²) in [7, 11) is 0. The van der Waals surface area contributed by atoms with Crippen molar-refractivity contribution in [2.45, 2.75) is 0 Å². The van der Waals surface area contributed by atoms with E-state index in [1.807, 2.05) is 0 Å². The molecule has 0 heterocycles. The van der Waals surface area contributed by atoms with Gasteiger partial charge in [-0.15, -0.1) is 0 Å².